The van der Waals surface area contributed by atoms with E-state index in [-0.39, 0.29) is 29.5 Å². The van der Waals surface area contributed by atoms with Crippen LogP contribution in [0.15, 0.2) is 12.2 Å². The fourth-order valence-electron chi connectivity index (χ4n) is 9.00. The summed E-state index contributed by atoms with van der Waals surface area (Å²) in [4.78, 5) is 24.5. The molecule has 4 aliphatic carbocycles. The van der Waals surface area contributed by atoms with Gasteiger partial charge in [0.2, 0.25) is 0 Å². The highest BCUT2D eigenvalue weighted by Gasteiger charge is 2.67. The third-order valence-electron chi connectivity index (χ3n) is 11.5. The lowest BCUT2D eigenvalue weighted by Gasteiger charge is -2.63. The SMILES string of the molecule is CC(=O)OC[C@H](C)[C@H](C)/C=C/[C@@H](C)C1CCC2C3CC(=O)[C@@]4(O)C[C@@H](O)CC[C@]4(C)C3CC[C@@]21C. The summed E-state index contributed by atoms with van der Waals surface area (Å²) in [5.41, 5.74) is -1.55. The summed E-state index contributed by atoms with van der Waals surface area (Å²) in [6.45, 7) is 13.2. The van der Waals surface area contributed by atoms with E-state index in [1.165, 1.54) is 19.8 Å². The van der Waals surface area contributed by atoms with E-state index in [0.717, 1.165) is 19.3 Å². The first kappa shape index (κ1) is 26.9. The molecule has 35 heavy (non-hydrogen) atoms. The van der Waals surface area contributed by atoms with Crippen LogP contribution in [-0.4, -0.2) is 40.3 Å². The average Bonchev–Trinajstić information content (AvgIpc) is 3.15. The number of carbonyl (C=O) groups excluding carboxylic acids is 2. The van der Waals surface area contributed by atoms with E-state index in [9.17, 15) is 19.8 Å². The van der Waals surface area contributed by atoms with Gasteiger partial charge in [-0.25, -0.2) is 0 Å². The summed E-state index contributed by atoms with van der Waals surface area (Å²) < 4.78 is 5.20. The second-order valence-corrected chi connectivity index (χ2v) is 13.3. The number of ketones is 1. The molecule has 0 aromatic heterocycles. The van der Waals surface area contributed by atoms with E-state index in [2.05, 4.69) is 46.8 Å². The molecule has 0 amide bonds. The summed E-state index contributed by atoms with van der Waals surface area (Å²) in [5, 5.41) is 21.8. The van der Waals surface area contributed by atoms with Crippen molar-refractivity contribution < 1.29 is 24.5 Å². The predicted octanol–water partition coefficient (Wildman–Crippen LogP) is 5.33. The Hall–Kier alpha value is -1.20. The number of hydrogen-bond acceptors (Lipinski definition) is 5. The summed E-state index contributed by atoms with van der Waals surface area (Å²) in [6.07, 6.45) is 10.8. The number of esters is 1. The molecule has 198 valence electrons. The number of aliphatic hydroxyl groups excluding tert-OH is 1. The number of hydrogen-bond donors (Lipinski definition) is 2. The van der Waals surface area contributed by atoms with Gasteiger partial charge in [0.1, 0.15) is 5.60 Å². The van der Waals surface area contributed by atoms with Crippen molar-refractivity contribution in [2.75, 3.05) is 6.61 Å². The lowest BCUT2D eigenvalue weighted by Crippen LogP contribution is -2.67. The maximum absolute atomic E-state index is 13.4. The van der Waals surface area contributed by atoms with Crippen LogP contribution in [0.2, 0.25) is 0 Å². The van der Waals surface area contributed by atoms with Gasteiger partial charge in [0.15, 0.2) is 5.78 Å². The third-order valence-corrected chi connectivity index (χ3v) is 11.5. The lowest BCUT2D eigenvalue weighted by atomic mass is 9.42. The van der Waals surface area contributed by atoms with Crippen LogP contribution >= 0.6 is 0 Å². The zero-order chi connectivity index (χ0) is 25.8. The van der Waals surface area contributed by atoms with Crippen LogP contribution in [-0.2, 0) is 14.3 Å². The Labute approximate surface area is 212 Å². The van der Waals surface area contributed by atoms with Crippen molar-refractivity contribution >= 4 is 11.8 Å². The van der Waals surface area contributed by atoms with Gasteiger partial charge in [-0.05, 0) is 85.4 Å². The zero-order valence-corrected chi connectivity index (χ0v) is 22.8. The van der Waals surface area contributed by atoms with Crippen molar-refractivity contribution in [2.24, 2.45) is 52.3 Å². The number of carbonyl (C=O) groups is 2. The average molecular weight is 489 g/mol. The van der Waals surface area contributed by atoms with E-state index in [1.807, 2.05) is 0 Å². The number of allylic oxidation sites excluding steroid dienone is 2. The largest absolute Gasteiger partial charge is 0.466 e. The van der Waals surface area contributed by atoms with Crippen LogP contribution in [0.1, 0.15) is 92.9 Å². The fourth-order valence-corrected chi connectivity index (χ4v) is 9.00. The fraction of sp³-hybridized carbons (Fsp3) is 0.867. The van der Waals surface area contributed by atoms with Crippen LogP contribution < -0.4 is 0 Å². The topological polar surface area (TPSA) is 83.8 Å². The third kappa shape index (κ3) is 4.43. The van der Waals surface area contributed by atoms with E-state index in [1.54, 1.807) is 0 Å². The number of Topliss-reactive ketones (excluding diaryl/α,β-unsaturated/α-hetero) is 1. The molecule has 0 aromatic carbocycles. The Morgan fingerprint density at radius 3 is 2.49 bits per heavy atom. The molecule has 0 heterocycles. The minimum absolute atomic E-state index is 0.0174. The summed E-state index contributed by atoms with van der Waals surface area (Å²) in [5.74, 6) is 2.68. The molecule has 0 saturated heterocycles. The van der Waals surface area contributed by atoms with Crippen molar-refractivity contribution in [1.82, 2.24) is 0 Å². The van der Waals surface area contributed by atoms with Crippen LogP contribution in [0.3, 0.4) is 0 Å². The van der Waals surface area contributed by atoms with Gasteiger partial charge in [-0.2, -0.15) is 0 Å². The van der Waals surface area contributed by atoms with Gasteiger partial charge in [-0.15, -0.1) is 0 Å². The number of rotatable bonds is 6. The molecule has 4 aliphatic rings. The van der Waals surface area contributed by atoms with Gasteiger partial charge in [-0.3, -0.25) is 9.59 Å². The monoisotopic (exact) mass is 488 g/mol. The number of ether oxygens (including phenoxy) is 1. The standard InChI is InChI=1S/C30H48O5/c1-18(20(3)17-35-21(4)31)7-8-19(2)24-9-10-25-23-15-27(33)30(34)16-22(32)11-14-29(30,6)26(23)12-13-28(24,25)5/h7-8,18-20,22-26,32,34H,9-17H2,1-6H3/b8-7+/t18-,19-,20+,22+,23?,24?,25?,26?,28-,29-,30+/m1/s1. The minimum atomic E-state index is -1.35. The molecule has 11 atom stereocenters. The highest BCUT2D eigenvalue weighted by Crippen LogP contribution is 2.68. The normalized spacial score (nSPS) is 45.8. The molecule has 0 spiro atoms. The maximum atomic E-state index is 13.4. The highest BCUT2D eigenvalue weighted by molar-refractivity contribution is 5.89. The van der Waals surface area contributed by atoms with Gasteiger partial charge in [0.05, 0.1) is 12.7 Å². The molecule has 0 aromatic rings. The van der Waals surface area contributed by atoms with Gasteiger partial charge < -0.3 is 14.9 Å². The van der Waals surface area contributed by atoms with E-state index >= 15 is 0 Å². The van der Waals surface area contributed by atoms with Crippen LogP contribution in [0, 0.1) is 52.3 Å². The van der Waals surface area contributed by atoms with Gasteiger partial charge in [0, 0.05) is 25.2 Å². The summed E-state index contributed by atoms with van der Waals surface area (Å²) >= 11 is 0. The van der Waals surface area contributed by atoms with Gasteiger partial charge >= 0.3 is 5.97 Å². The lowest BCUT2D eigenvalue weighted by molar-refractivity contribution is -0.213. The molecular weight excluding hydrogens is 440 g/mol. The van der Waals surface area contributed by atoms with Crippen LogP contribution in [0.5, 0.6) is 0 Å². The Balaban J connectivity index is 1.48. The first-order chi connectivity index (χ1) is 16.3. The maximum Gasteiger partial charge on any atom is 0.302 e. The summed E-state index contributed by atoms with van der Waals surface area (Å²) in [6, 6.07) is 0. The minimum Gasteiger partial charge on any atom is -0.466 e. The number of aliphatic hydroxyl groups is 2. The van der Waals surface area contributed by atoms with Gasteiger partial charge in [0.25, 0.3) is 0 Å². The van der Waals surface area contributed by atoms with Gasteiger partial charge in [-0.1, -0.05) is 46.8 Å². The number of fused-ring (bicyclic) bond motifs is 5. The molecule has 4 saturated carbocycles. The molecule has 2 N–H and O–H groups in total. The van der Waals surface area contributed by atoms with E-state index in [0.29, 0.717) is 55.0 Å². The molecule has 4 fully saturated rings. The Kier molecular flexibility index (Phi) is 7.36. The molecule has 0 aliphatic heterocycles. The van der Waals surface area contributed by atoms with E-state index < -0.39 is 17.1 Å². The van der Waals surface area contributed by atoms with E-state index in [4.69, 9.17) is 4.74 Å². The molecule has 0 bridgehead atoms. The van der Waals surface area contributed by atoms with Crippen LogP contribution in [0.25, 0.3) is 0 Å². The second-order valence-electron chi connectivity index (χ2n) is 13.3. The van der Waals surface area contributed by atoms with Crippen LogP contribution in [0.4, 0.5) is 0 Å². The smallest absolute Gasteiger partial charge is 0.302 e. The molecule has 4 unspecified atom stereocenters. The predicted molar refractivity (Wildman–Crippen MR) is 136 cm³/mol. The first-order valence-electron chi connectivity index (χ1n) is 14.1. The summed E-state index contributed by atoms with van der Waals surface area (Å²) in [7, 11) is 0. The molecule has 0 radical (unpaired) electrons. The molecule has 5 heteroatoms. The molecular formula is C30H48O5. The Morgan fingerprint density at radius 1 is 1.09 bits per heavy atom. The van der Waals surface area contributed by atoms with Crippen molar-refractivity contribution in [2.45, 2.75) is 105 Å². The Morgan fingerprint density at radius 2 is 1.80 bits per heavy atom. The first-order valence-corrected chi connectivity index (χ1v) is 14.1. The van der Waals surface area contributed by atoms with Crippen molar-refractivity contribution in [3.63, 3.8) is 0 Å². The Bertz CT molecular complexity index is 852. The molecule has 5 nitrogen and oxygen atoms in total. The van der Waals surface area contributed by atoms with Crippen molar-refractivity contribution in [1.29, 1.82) is 0 Å². The quantitative estimate of drug-likeness (QED) is 0.390. The second kappa shape index (κ2) is 9.59. The van der Waals surface area contributed by atoms with Crippen molar-refractivity contribution in [3.05, 3.63) is 12.2 Å². The zero-order valence-electron chi connectivity index (χ0n) is 22.8. The molecule has 4 rings (SSSR count). The highest BCUT2D eigenvalue weighted by atomic mass is 16.5. The van der Waals surface area contributed by atoms with Crippen molar-refractivity contribution in [3.8, 4) is 0 Å².